The average Bonchev–Trinajstić information content (AvgIpc) is 2.90. The molecule has 5 rings (SSSR count). The molecule has 0 spiro atoms. The molecule has 0 fully saturated rings. The highest BCUT2D eigenvalue weighted by Gasteiger charge is 2.24. The summed E-state index contributed by atoms with van der Waals surface area (Å²) in [6.45, 7) is 0.179. The van der Waals surface area contributed by atoms with Crippen LogP contribution in [-0.2, 0) is 24.2 Å². The van der Waals surface area contributed by atoms with Crippen LogP contribution in [0.3, 0.4) is 0 Å². The van der Waals surface area contributed by atoms with Crippen LogP contribution in [0.25, 0.3) is 0 Å². The summed E-state index contributed by atoms with van der Waals surface area (Å²) in [5, 5.41) is 13.8. The molecule has 0 saturated carbocycles. The molecule has 1 atom stereocenters. The van der Waals surface area contributed by atoms with Crippen molar-refractivity contribution in [1.82, 2.24) is 9.78 Å². The smallest absolute Gasteiger partial charge is 0.341 e. The number of ether oxygens (including phenoxy) is 1. The summed E-state index contributed by atoms with van der Waals surface area (Å²) in [6, 6.07) is 29.7. The van der Waals surface area contributed by atoms with E-state index in [0.29, 0.717) is 12.3 Å². The van der Waals surface area contributed by atoms with Gasteiger partial charge in [-0.05, 0) is 59.6 Å². The minimum absolute atomic E-state index is 0.0692. The fourth-order valence-corrected chi connectivity index (χ4v) is 5.10. The maximum Gasteiger partial charge on any atom is 0.341 e. The predicted molar refractivity (Wildman–Crippen MR) is 137 cm³/mol. The molecule has 4 aromatic rings. The number of fused-ring (bicyclic) bond motifs is 1. The Balaban J connectivity index is 1.40. The van der Waals surface area contributed by atoms with Crippen LogP contribution < -0.4 is 10.3 Å². The number of carbonyl (C=O) groups is 1. The van der Waals surface area contributed by atoms with Crippen LogP contribution in [-0.4, -0.2) is 27.5 Å². The minimum atomic E-state index is -0.990. The zero-order chi connectivity index (χ0) is 24.9. The maximum absolute atomic E-state index is 12.8. The third-order valence-electron chi connectivity index (χ3n) is 6.77. The summed E-state index contributed by atoms with van der Waals surface area (Å²) in [5.74, 6) is -0.171. The maximum atomic E-state index is 12.8. The Kier molecular flexibility index (Phi) is 6.94. The molecule has 0 amide bonds. The van der Waals surface area contributed by atoms with Gasteiger partial charge in [0.2, 0.25) is 0 Å². The van der Waals surface area contributed by atoms with Gasteiger partial charge in [0.25, 0.3) is 5.56 Å². The van der Waals surface area contributed by atoms with Gasteiger partial charge in [0.1, 0.15) is 5.75 Å². The second-order valence-corrected chi connectivity index (χ2v) is 9.22. The highest BCUT2D eigenvalue weighted by atomic mass is 16.5. The molecule has 0 saturated heterocycles. The highest BCUT2D eigenvalue weighted by molar-refractivity contribution is 5.68. The fraction of sp³-hybridized carbons (Fsp3) is 0.233. The molecule has 6 heteroatoms. The molecule has 1 aromatic heterocycles. The van der Waals surface area contributed by atoms with Crippen molar-refractivity contribution in [2.75, 3.05) is 6.61 Å². The van der Waals surface area contributed by atoms with Gasteiger partial charge >= 0.3 is 5.97 Å². The van der Waals surface area contributed by atoms with Crippen LogP contribution in [0.2, 0.25) is 0 Å². The topological polar surface area (TPSA) is 81.4 Å². The zero-order valence-electron chi connectivity index (χ0n) is 19.9. The zero-order valence-corrected chi connectivity index (χ0v) is 19.9. The number of benzene rings is 3. The molecular formula is C30H28N2O4. The largest absolute Gasteiger partial charge is 0.482 e. The molecule has 36 heavy (non-hydrogen) atoms. The van der Waals surface area contributed by atoms with Crippen LogP contribution >= 0.6 is 0 Å². The van der Waals surface area contributed by atoms with Crippen molar-refractivity contribution >= 4 is 5.97 Å². The Morgan fingerprint density at radius 1 is 0.944 bits per heavy atom. The van der Waals surface area contributed by atoms with E-state index in [1.807, 2.05) is 54.6 Å². The van der Waals surface area contributed by atoms with E-state index in [2.05, 4.69) is 30.3 Å². The van der Waals surface area contributed by atoms with Crippen molar-refractivity contribution in [3.8, 4) is 5.75 Å². The summed E-state index contributed by atoms with van der Waals surface area (Å²) in [7, 11) is 0. The lowest BCUT2D eigenvalue weighted by Crippen LogP contribution is -2.30. The summed E-state index contributed by atoms with van der Waals surface area (Å²) in [4.78, 5) is 23.7. The van der Waals surface area contributed by atoms with Crippen molar-refractivity contribution in [3.05, 3.63) is 129 Å². The standard InChI is InChI=1S/C30H28N2O4/c33-28-17-16-26(30(22-8-3-1-4-9-22)23-10-5-2-6-11-23)31-32(28)19-21-14-15-25-24(18-21)12-7-13-27(25)36-20-29(34)35/h1-13,16-17,21,30H,14-15,18-20H2,(H,34,35)/t21-/m0/s1. The van der Waals surface area contributed by atoms with E-state index in [9.17, 15) is 9.59 Å². The van der Waals surface area contributed by atoms with Crippen molar-refractivity contribution in [3.63, 3.8) is 0 Å². The number of carboxylic acid groups (broad SMARTS) is 1. The Bertz CT molecular complexity index is 1360. The summed E-state index contributed by atoms with van der Waals surface area (Å²) in [6.07, 6.45) is 2.44. The summed E-state index contributed by atoms with van der Waals surface area (Å²) < 4.78 is 7.10. The van der Waals surface area contributed by atoms with Crippen molar-refractivity contribution in [1.29, 1.82) is 0 Å². The van der Waals surface area contributed by atoms with Gasteiger partial charge < -0.3 is 9.84 Å². The van der Waals surface area contributed by atoms with Crippen LogP contribution in [0.15, 0.2) is 95.8 Å². The highest BCUT2D eigenvalue weighted by Crippen LogP contribution is 2.33. The van der Waals surface area contributed by atoms with Gasteiger partial charge in [-0.15, -0.1) is 0 Å². The molecule has 1 N–H and O–H groups in total. The van der Waals surface area contributed by atoms with E-state index < -0.39 is 5.97 Å². The third-order valence-corrected chi connectivity index (χ3v) is 6.77. The first kappa shape index (κ1) is 23.5. The Hall–Kier alpha value is -4.19. The molecule has 0 unspecified atom stereocenters. The first-order chi connectivity index (χ1) is 17.6. The van der Waals surface area contributed by atoms with E-state index in [4.69, 9.17) is 14.9 Å². The summed E-state index contributed by atoms with van der Waals surface area (Å²) >= 11 is 0. The average molecular weight is 481 g/mol. The molecule has 1 aliphatic carbocycles. The molecule has 182 valence electrons. The summed E-state index contributed by atoms with van der Waals surface area (Å²) in [5.41, 5.74) is 5.20. The van der Waals surface area contributed by atoms with Gasteiger partial charge in [-0.1, -0.05) is 72.8 Å². The lowest BCUT2D eigenvalue weighted by atomic mass is 9.83. The molecule has 0 aliphatic heterocycles. The number of rotatable bonds is 8. The quantitative estimate of drug-likeness (QED) is 0.396. The predicted octanol–water partition coefficient (Wildman–Crippen LogP) is 4.69. The number of hydrogen-bond donors (Lipinski definition) is 1. The number of carboxylic acids is 1. The lowest BCUT2D eigenvalue weighted by Gasteiger charge is -2.26. The van der Waals surface area contributed by atoms with Crippen molar-refractivity contribution < 1.29 is 14.6 Å². The van der Waals surface area contributed by atoms with Gasteiger partial charge in [-0.2, -0.15) is 5.10 Å². The minimum Gasteiger partial charge on any atom is -0.482 e. The molecule has 0 radical (unpaired) electrons. The van der Waals surface area contributed by atoms with Crippen LogP contribution in [0, 0.1) is 5.92 Å². The van der Waals surface area contributed by atoms with E-state index in [1.165, 1.54) is 0 Å². The molecule has 1 heterocycles. The van der Waals surface area contributed by atoms with Gasteiger partial charge in [-0.3, -0.25) is 4.79 Å². The van der Waals surface area contributed by atoms with E-state index in [0.717, 1.165) is 47.2 Å². The number of aliphatic carboxylic acids is 1. The fourth-order valence-electron chi connectivity index (χ4n) is 5.10. The lowest BCUT2D eigenvalue weighted by molar-refractivity contribution is -0.139. The first-order valence-electron chi connectivity index (χ1n) is 12.2. The number of nitrogens with zero attached hydrogens (tertiary/aromatic N) is 2. The van der Waals surface area contributed by atoms with E-state index in [1.54, 1.807) is 10.7 Å². The SMILES string of the molecule is O=C(O)COc1cccc2c1CC[C@H](Cn1nc(C(c3ccccc3)c3ccccc3)ccc1=O)C2. The van der Waals surface area contributed by atoms with Crippen molar-refractivity contribution in [2.24, 2.45) is 5.92 Å². The van der Waals surface area contributed by atoms with Crippen LogP contribution in [0.4, 0.5) is 0 Å². The normalized spacial score (nSPS) is 14.9. The van der Waals surface area contributed by atoms with Gasteiger partial charge in [-0.25, -0.2) is 9.48 Å². The molecule has 0 bridgehead atoms. The van der Waals surface area contributed by atoms with Gasteiger partial charge in [0.05, 0.1) is 11.6 Å². The van der Waals surface area contributed by atoms with Crippen molar-refractivity contribution in [2.45, 2.75) is 31.7 Å². The van der Waals surface area contributed by atoms with Gasteiger partial charge in [0.15, 0.2) is 6.61 Å². The number of aromatic nitrogens is 2. The second kappa shape index (κ2) is 10.6. The van der Waals surface area contributed by atoms with E-state index in [-0.39, 0.29) is 24.0 Å². The molecular weight excluding hydrogens is 452 g/mol. The monoisotopic (exact) mass is 480 g/mol. The van der Waals surface area contributed by atoms with Gasteiger partial charge in [0, 0.05) is 12.6 Å². The Labute approximate surface area is 209 Å². The van der Waals surface area contributed by atoms with Crippen LogP contribution in [0.5, 0.6) is 5.75 Å². The Morgan fingerprint density at radius 2 is 1.64 bits per heavy atom. The second-order valence-electron chi connectivity index (χ2n) is 9.22. The molecule has 3 aromatic carbocycles. The first-order valence-corrected chi connectivity index (χ1v) is 12.2. The van der Waals surface area contributed by atoms with E-state index >= 15 is 0 Å². The van der Waals surface area contributed by atoms with Crippen LogP contribution in [0.1, 0.15) is 40.3 Å². The third kappa shape index (κ3) is 5.23. The molecule has 1 aliphatic rings. The molecule has 6 nitrogen and oxygen atoms in total. The Morgan fingerprint density at radius 3 is 2.31 bits per heavy atom. The number of hydrogen-bond acceptors (Lipinski definition) is 4.